The first-order chi connectivity index (χ1) is 15.8. The predicted octanol–water partition coefficient (Wildman–Crippen LogP) is 3.35. The molecule has 0 aromatic heterocycles. The number of carboxylic acids is 1. The quantitative estimate of drug-likeness (QED) is 0.468. The number of hydrogen-bond acceptors (Lipinski definition) is 3. The molecule has 0 aliphatic carbocycles. The number of benzene rings is 3. The molecule has 170 valence electrons. The lowest BCUT2D eigenvalue weighted by molar-refractivity contribution is -0.142. The lowest BCUT2D eigenvalue weighted by Gasteiger charge is -2.21. The lowest BCUT2D eigenvalue weighted by Crippen LogP contribution is -2.52. The molecule has 0 bridgehead atoms. The third-order valence-corrected chi connectivity index (χ3v) is 5.16. The fourth-order valence-electron chi connectivity index (χ4n) is 3.48. The Hall–Kier alpha value is -4.00. The third kappa shape index (κ3) is 7.00. The van der Waals surface area contributed by atoms with E-state index in [-0.39, 0.29) is 12.8 Å². The molecule has 3 N–H and O–H groups in total. The summed E-state index contributed by atoms with van der Waals surface area (Å²) in [5.74, 6) is -2.65. The Balaban J connectivity index is 1.70. The van der Waals surface area contributed by atoms with Crippen LogP contribution in [0.1, 0.15) is 18.1 Å². The van der Waals surface area contributed by atoms with Gasteiger partial charge in [0.25, 0.3) is 0 Å². The van der Waals surface area contributed by atoms with Gasteiger partial charge in [-0.25, -0.2) is 9.18 Å². The maximum atomic E-state index is 13.2. The van der Waals surface area contributed by atoms with Gasteiger partial charge in [-0.2, -0.15) is 0 Å². The molecule has 0 aliphatic rings. The van der Waals surface area contributed by atoms with E-state index >= 15 is 0 Å². The highest BCUT2D eigenvalue weighted by Gasteiger charge is 2.26. The van der Waals surface area contributed by atoms with Gasteiger partial charge in [-0.1, -0.05) is 66.7 Å². The van der Waals surface area contributed by atoms with Crippen molar-refractivity contribution < 1.29 is 23.9 Å². The van der Waals surface area contributed by atoms with E-state index in [0.29, 0.717) is 5.56 Å². The molecule has 3 aromatic carbocycles. The van der Waals surface area contributed by atoms with Crippen LogP contribution in [-0.2, 0) is 27.2 Å². The van der Waals surface area contributed by atoms with Gasteiger partial charge in [0.2, 0.25) is 11.8 Å². The van der Waals surface area contributed by atoms with Gasteiger partial charge >= 0.3 is 5.97 Å². The Labute approximate surface area is 191 Å². The van der Waals surface area contributed by atoms with Crippen LogP contribution >= 0.6 is 0 Å². The molecule has 0 spiro atoms. The first-order valence-corrected chi connectivity index (χ1v) is 10.5. The van der Waals surface area contributed by atoms with Crippen LogP contribution in [0, 0.1) is 5.82 Å². The first kappa shape index (κ1) is 23.7. The second-order valence-corrected chi connectivity index (χ2v) is 7.75. The van der Waals surface area contributed by atoms with Crippen molar-refractivity contribution in [1.29, 1.82) is 0 Å². The summed E-state index contributed by atoms with van der Waals surface area (Å²) in [5, 5.41) is 14.7. The summed E-state index contributed by atoms with van der Waals surface area (Å²) >= 11 is 0. The standard InChI is InChI=1S/C26H25FN2O4/c1-17(30)28-23(15-19-9-13-22(27)14-10-19)25(31)29-24(26(32)33)16-18-7-11-21(12-8-18)20-5-3-2-4-6-20/h2-14,23-24H,15-16H2,1H3,(H,28,30)(H,29,31)(H,32,33)/t23-,24-/m1/s1. The van der Waals surface area contributed by atoms with Crippen molar-refractivity contribution in [3.05, 3.63) is 95.8 Å². The van der Waals surface area contributed by atoms with Crippen LogP contribution in [0.4, 0.5) is 4.39 Å². The Morgan fingerprint density at radius 3 is 1.82 bits per heavy atom. The van der Waals surface area contributed by atoms with E-state index in [1.54, 1.807) is 0 Å². The highest BCUT2D eigenvalue weighted by Crippen LogP contribution is 2.20. The second kappa shape index (κ2) is 11.0. The molecule has 0 heterocycles. The second-order valence-electron chi connectivity index (χ2n) is 7.75. The molecule has 3 aromatic rings. The largest absolute Gasteiger partial charge is 0.480 e. The van der Waals surface area contributed by atoms with Crippen molar-refractivity contribution in [3.63, 3.8) is 0 Å². The number of carboxylic acid groups (broad SMARTS) is 1. The molecule has 6 nitrogen and oxygen atoms in total. The summed E-state index contributed by atoms with van der Waals surface area (Å²) in [4.78, 5) is 36.3. The molecule has 0 saturated heterocycles. The number of rotatable bonds is 9. The predicted molar refractivity (Wildman–Crippen MR) is 123 cm³/mol. The molecule has 2 amide bonds. The van der Waals surface area contributed by atoms with Gasteiger partial charge in [0, 0.05) is 19.8 Å². The van der Waals surface area contributed by atoms with Crippen LogP contribution in [0.5, 0.6) is 0 Å². The van der Waals surface area contributed by atoms with Gasteiger partial charge in [-0.3, -0.25) is 9.59 Å². The minimum atomic E-state index is -1.18. The topological polar surface area (TPSA) is 95.5 Å². The van der Waals surface area contributed by atoms with Crippen molar-refractivity contribution >= 4 is 17.8 Å². The first-order valence-electron chi connectivity index (χ1n) is 10.5. The van der Waals surface area contributed by atoms with Crippen molar-refractivity contribution in [2.75, 3.05) is 0 Å². The number of aliphatic carboxylic acids is 1. The van der Waals surface area contributed by atoms with Crippen LogP contribution in [0.2, 0.25) is 0 Å². The van der Waals surface area contributed by atoms with Gasteiger partial charge in [0.05, 0.1) is 0 Å². The molecule has 33 heavy (non-hydrogen) atoms. The average molecular weight is 448 g/mol. The molecular formula is C26H25FN2O4. The summed E-state index contributed by atoms with van der Waals surface area (Å²) in [6.45, 7) is 1.27. The summed E-state index contributed by atoms with van der Waals surface area (Å²) < 4.78 is 13.2. The van der Waals surface area contributed by atoms with E-state index in [2.05, 4.69) is 10.6 Å². The Morgan fingerprint density at radius 1 is 0.758 bits per heavy atom. The minimum Gasteiger partial charge on any atom is -0.480 e. The fraction of sp³-hybridized carbons (Fsp3) is 0.192. The normalized spacial score (nSPS) is 12.4. The van der Waals surface area contributed by atoms with Crippen molar-refractivity contribution in [2.45, 2.75) is 31.8 Å². The van der Waals surface area contributed by atoms with Crippen LogP contribution in [-0.4, -0.2) is 35.0 Å². The van der Waals surface area contributed by atoms with Crippen molar-refractivity contribution in [1.82, 2.24) is 10.6 Å². The molecule has 0 fully saturated rings. The summed E-state index contributed by atoms with van der Waals surface area (Å²) in [6.07, 6.45) is 0.184. The number of carbonyl (C=O) groups is 3. The highest BCUT2D eigenvalue weighted by molar-refractivity contribution is 5.90. The molecule has 0 saturated carbocycles. The van der Waals surface area contributed by atoms with E-state index in [1.807, 2.05) is 54.6 Å². The van der Waals surface area contributed by atoms with Gasteiger partial charge in [-0.05, 0) is 34.4 Å². The molecule has 0 aliphatic heterocycles. The maximum Gasteiger partial charge on any atom is 0.326 e. The fourth-order valence-corrected chi connectivity index (χ4v) is 3.48. The van der Waals surface area contributed by atoms with Gasteiger partial charge in [0.1, 0.15) is 17.9 Å². The van der Waals surface area contributed by atoms with E-state index in [0.717, 1.165) is 16.7 Å². The molecule has 0 radical (unpaired) electrons. The molecular weight excluding hydrogens is 423 g/mol. The zero-order valence-electron chi connectivity index (χ0n) is 18.1. The van der Waals surface area contributed by atoms with Crippen molar-refractivity contribution in [2.24, 2.45) is 0 Å². The van der Waals surface area contributed by atoms with E-state index in [4.69, 9.17) is 0 Å². The molecule has 0 unspecified atom stereocenters. The van der Waals surface area contributed by atoms with E-state index in [9.17, 15) is 23.9 Å². The molecule has 7 heteroatoms. The van der Waals surface area contributed by atoms with Gasteiger partial charge in [0.15, 0.2) is 0 Å². The van der Waals surface area contributed by atoms with Gasteiger partial charge in [-0.15, -0.1) is 0 Å². The van der Waals surface area contributed by atoms with Crippen LogP contribution in [0.3, 0.4) is 0 Å². The maximum absolute atomic E-state index is 13.2. The average Bonchev–Trinajstić information content (AvgIpc) is 2.80. The van der Waals surface area contributed by atoms with Crippen LogP contribution < -0.4 is 10.6 Å². The SMILES string of the molecule is CC(=O)N[C@H](Cc1ccc(F)cc1)C(=O)N[C@H](Cc1ccc(-c2ccccc2)cc1)C(=O)O. The zero-order chi connectivity index (χ0) is 23.8. The summed E-state index contributed by atoms with van der Waals surface area (Å²) in [5.41, 5.74) is 3.43. The number of halogens is 1. The summed E-state index contributed by atoms with van der Waals surface area (Å²) in [7, 11) is 0. The van der Waals surface area contributed by atoms with Crippen molar-refractivity contribution in [3.8, 4) is 11.1 Å². The van der Waals surface area contributed by atoms with E-state index < -0.39 is 35.7 Å². The molecule has 2 atom stereocenters. The Bertz CT molecular complexity index is 1100. The number of carbonyl (C=O) groups excluding carboxylic acids is 2. The minimum absolute atomic E-state index is 0.0828. The zero-order valence-corrected chi connectivity index (χ0v) is 18.1. The lowest BCUT2D eigenvalue weighted by atomic mass is 10.00. The highest BCUT2D eigenvalue weighted by atomic mass is 19.1. The number of nitrogens with one attached hydrogen (secondary N) is 2. The Morgan fingerprint density at radius 2 is 1.27 bits per heavy atom. The Kier molecular flexibility index (Phi) is 7.91. The number of hydrogen-bond donors (Lipinski definition) is 3. The summed E-state index contributed by atoms with van der Waals surface area (Å²) in [6, 6.07) is 20.6. The monoisotopic (exact) mass is 448 g/mol. The molecule has 3 rings (SSSR count). The van der Waals surface area contributed by atoms with Crippen LogP contribution in [0.25, 0.3) is 11.1 Å². The third-order valence-electron chi connectivity index (χ3n) is 5.16. The smallest absolute Gasteiger partial charge is 0.326 e. The number of amides is 2. The van der Waals surface area contributed by atoms with Crippen LogP contribution in [0.15, 0.2) is 78.9 Å². The van der Waals surface area contributed by atoms with E-state index in [1.165, 1.54) is 31.2 Å². The van der Waals surface area contributed by atoms with Gasteiger partial charge < -0.3 is 15.7 Å².